The highest BCUT2D eigenvalue weighted by atomic mass is 16.5. The number of aliphatic carboxylic acids is 1. The molecule has 1 heterocycles. The van der Waals surface area contributed by atoms with Crippen molar-refractivity contribution in [2.75, 3.05) is 13.7 Å². The molecular weight excluding hydrogens is 226 g/mol. The van der Waals surface area contributed by atoms with Crippen LogP contribution in [-0.2, 0) is 9.53 Å². The summed E-state index contributed by atoms with van der Waals surface area (Å²) < 4.78 is 9.76. The SMILES string of the molecule is COCCC(NC(=O)c1coc(C)c1)C(=O)O. The zero-order valence-corrected chi connectivity index (χ0v) is 9.73. The zero-order chi connectivity index (χ0) is 12.8. The van der Waals surface area contributed by atoms with E-state index in [0.29, 0.717) is 11.3 Å². The standard InChI is InChI=1S/C11H15NO5/c1-7-5-8(6-17-7)10(13)12-9(11(14)15)3-4-16-2/h5-6,9H,3-4H2,1-2H3,(H,12,13)(H,14,15). The lowest BCUT2D eigenvalue weighted by Gasteiger charge is -2.12. The third kappa shape index (κ3) is 3.92. The summed E-state index contributed by atoms with van der Waals surface area (Å²) in [6.45, 7) is 1.97. The molecule has 0 saturated heterocycles. The van der Waals surface area contributed by atoms with Crippen LogP contribution in [0, 0.1) is 6.92 Å². The highest BCUT2D eigenvalue weighted by Crippen LogP contribution is 2.06. The van der Waals surface area contributed by atoms with Crippen LogP contribution in [0.1, 0.15) is 22.5 Å². The summed E-state index contributed by atoms with van der Waals surface area (Å²) in [4.78, 5) is 22.5. The molecule has 6 nitrogen and oxygen atoms in total. The molecule has 0 fully saturated rings. The number of carbonyl (C=O) groups excluding carboxylic acids is 1. The molecule has 1 atom stereocenters. The number of aryl methyl sites for hydroxylation is 1. The molecule has 0 aliphatic heterocycles. The number of carboxylic acids is 1. The topological polar surface area (TPSA) is 88.8 Å². The maximum atomic E-state index is 11.7. The van der Waals surface area contributed by atoms with Crippen LogP contribution >= 0.6 is 0 Å². The third-order valence-corrected chi connectivity index (χ3v) is 2.21. The summed E-state index contributed by atoms with van der Waals surface area (Å²) >= 11 is 0. The average Bonchev–Trinajstić information content (AvgIpc) is 2.70. The van der Waals surface area contributed by atoms with E-state index in [1.165, 1.54) is 13.4 Å². The molecule has 0 aliphatic carbocycles. The molecular formula is C11H15NO5. The molecule has 17 heavy (non-hydrogen) atoms. The predicted molar refractivity (Wildman–Crippen MR) is 58.8 cm³/mol. The summed E-state index contributed by atoms with van der Waals surface area (Å²) in [6.07, 6.45) is 1.51. The van der Waals surface area contributed by atoms with Gasteiger partial charge in [-0.15, -0.1) is 0 Å². The van der Waals surface area contributed by atoms with E-state index in [1.807, 2.05) is 0 Å². The number of carbonyl (C=O) groups is 2. The van der Waals surface area contributed by atoms with E-state index in [2.05, 4.69) is 5.32 Å². The van der Waals surface area contributed by atoms with E-state index in [9.17, 15) is 9.59 Å². The fraction of sp³-hybridized carbons (Fsp3) is 0.455. The molecule has 0 aliphatic rings. The fourth-order valence-electron chi connectivity index (χ4n) is 1.30. The second kappa shape index (κ2) is 6.05. The number of amides is 1. The quantitative estimate of drug-likeness (QED) is 0.769. The Kier molecular flexibility index (Phi) is 4.71. The first-order valence-corrected chi connectivity index (χ1v) is 5.12. The summed E-state index contributed by atoms with van der Waals surface area (Å²) in [5, 5.41) is 11.3. The van der Waals surface area contributed by atoms with Crippen LogP contribution in [0.2, 0.25) is 0 Å². The Labute approximate surface area is 98.6 Å². The molecule has 0 spiro atoms. The minimum atomic E-state index is -1.09. The molecule has 0 radical (unpaired) electrons. The molecule has 0 bridgehead atoms. The van der Waals surface area contributed by atoms with Crippen LogP contribution in [0.25, 0.3) is 0 Å². The van der Waals surface area contributed by atoms with Crippen LogP contribution in [-0.4, -0.2) is 36.7 Å². The van der Waals surface area contributed by atoms with Gasteiger partial charge in [-0.2, -0.15) is 0 Å². The first kappa shape index (κ1) is 13.2. The van der Waals surface area contributed by atoms with E-state index in [-0.39, 0.29) is 13.0 Å². The van der Waals surface area contributed by atoms with Gasteiger partial charge in [0.05, 0.1) is 5.56 Å². The van der Waals surface area contributed by atoms with Crippen molar-refractivity contribution in [2.45, 2.75) is 19.4 Å². The number of rotatable bonds is 6. The molecule has 1 aromatic heterocycles. The zero-order valence-electron chi connectivity index (χ0n) is 9.73. The highest BCUT2D eigenvalue weighted by molar-refractivity contribution is 5.96. The van der Waals surface area contributed by atoms with E-state index >= 15 is 0 Å². The van der Waals surface area contributed by atoms with Crippen LogP contribution < -0.4 is 5.32 Å². The van der Waals surface area contributed by atoms with Crippen molar-refractivity contribution in [3.8, 4) is 0 Å². The minimum Gasteiger partial charge on any atom is -0.480 e. The van der Waals surface area contributed by atoms with Gasteiger partial charge in [-0.3, -0.25) is 4.79 Å². The van der Waals surface area contributed by atoms with Crippen molar-refractivity contribution in [1.29, 1.82) is 0 Å². The van der Waals surface area contributed by atoms with E-state index in [4.69, 9.17) is 14.3 Å². The Bertz CT molecular complexity index is 398. The second-order valence-corrected chi connectivity index (χ2v) is 3.59. The molecule has 94 valence electrons. The van der Waals surface area contributed by atoms with Gasteiger partial charge in [0.15, 0.2) is 0 Å². The van der Waals surface area contributed by atoms with Crippen LogP contribution in [0.5, 0.6) is 0 Å². The van der Waals surface area contributed by atoms with Crippen LogP contribution in [0.3, 0.4) is 0 Å². The molecule has 1 aromatic rings. The Balaban J connectivity index is 2.60. The van der Waals surface area contributed by atoms with E-state index in [0.717, 1.165) is 0 Å². The second-order valence-electron chi connectivity index (χ2n) is 3.59. The van der Waals surface area contributed by atoms with E-state index < -0.39 is 17.9 Å². The molecule has 1 rings (SSSR count). The Morgan fingerprint density at radius 1 is 1.59 bits per heavy atom. The molecule has 0 aromatic carbocycles. The normalized spacial score (nSPS) is 12.1. The summed E-state index contributed by atoms with van der Waals surface area (Å²) in [5.74, 6) is -0.958. The maximum Gasteiger partial charge on any atom is 0.326 e. The van der Waals surface area contributed by atoms with Crippen molar-refractivity contribution in [3.63, 3.8) is 0 Å². The van der Waals surface area contributed by atoms with Gasteiger partial charge in [0.2, 0.25) is 0 Å². The van der Waals surface area contributed by atoms with Crippen molar-refractivity contribution in [1.82, 2.24) is 5.32 Å². The predicted octanol–water partition coefficient (Wildman–Crippen LogP) is 0.808. The smallest absolute Gasteiger partial charge is 0.326 e. The van der Waals surface area contributed by atoms with Gasteiger partial charge in [-0.25, -0.2) is 4.79 Å². The number of hydrogen-bond donors (Lipinski definition) is 2. The lowest BCUT2D eigenvalue weighted by atomic mass is 10.2. The van der Waals surface area contributed by atoms with Crippen LogP contribution in [0.4, 0.5) is 0 Å². The minimum absolute atomic E-state index is 0.217. The maximum absolute atomic E-state index is 11.7. The first-order chi connectivity index (χ1) is 8.04. The lowest BCUT2D eigenvalue weighted by molar-refractivity contribution is -0.139. The van der Waals surface area contributed by atoms with Gasteiger partial charge in [0.25, 0.3) is 5.91 Å². The van der Waals surface area contributed by atoms with E-state index in [1.54, 1.807) is 13.0 Å². The summed E-state index contributed by atoms with van der Waals surface area (Å²) in [5.41, 5.74) is 0.311. The van der Waals surface area contributed by atoms with Crippen molar-refractivity contribution in [3.05, 3.63) is 23.7 Å². The number of hydrogen-bond acceptors (Lipinski definition) is 4. The Morgan fingerprint density at radius 3 is 2.76 bits per heavy atom. The molecule has 2 N–H and O–H groups in total. The van der Waals surface area contributed by atoms with Gasteiger partial charge in [0.1, 0.15) is 18.1 Å². The van der Waals surface area contributed by atoms with Gasteiger partial charge in [0, 0.05) is 20.1 Å². The highest BCUT2D eigenvalue weighted by Gasteiger charge is 2.20. The third-order valence-electron chi connectivity index (χ3n) is 2.21. The molecule has 6 heteroatoms. The van der Waals surface area contributed by atoms with Crippen molar-refractivity contribution in [2.24, 2.45) is 0 Å². The Hall–Kier alpha value is -1.82. The first-order valence-electron chi connectivity index (χ1n) is 5.12. The number of furan rings is 1. The Morgan fingerprint density at radius 2 is 2.29 bits per heavy atom. The lowest BCUT2D eigenvalue weighted by Crippen LogP contribution is -2.41. The van der Waals surface area contributed by atoms with Crippen molar-refractivity contribution < 1.29 is 23.8 Å². The van der Waals surface area contributed by atoms with Gasteiger partial charge in [-0.1, -0.05) is 0 Å². The molecule has 0 saturated carbocycles. The van der Waals surface area contributed by atoms with Crippen molar-refractivity contribution >= 4 is 11.9 Å². The monoisotopic (exact) mass is 241 g/mol. The molecule has 1 unspecified atom stereocenters. The van der Waals surface area contributed by atoms with Gasteiger partial charge >= 0.3 is 5.97 Å². The van der Waals surface area contributed by atoms with Crippen LogP contribution in [0.15, 0.2) is 16.7 Å². The van der Waals surface area contributed by atoms with Gasteiger partial charge < -0.3 is 19.6 Å². The number of nitrogens with one attached hydrogen (secondary N) is 1. The fourth-order valence-corrected chi connectivity index (χ4v) is 1.30. The van der Waals surface area contributed by atoms with Gasteiger partial charge in [-0.05, 0) is 13.0 Å². The number of methoxy groups -OCH3 is 1. The summed E-state index contributed by atoms with van der Waals surface area (Å²) in [6, 6.07) is 0.586. The average molecular weight is 241 g/mol. The molecule has 1 amide bonds. The number of carboxylic acid groups (broad SMARTS) is 1. The summed E-state index contributed by atoms with van der Waals surface area (Å²) in [7, 11) is 1.47. The number of ether oxygens (including phenoxy) is 1. The largest absolute Gasteiger partial charge is 0.480 e.